The van der Waals surface area contributed by atoms with Crippen molar-refractivity contribution in [3.63, 3.8) is 0 Å². The van der Waals surface area contributed by atoms with E-state index in [0.717, 1.165) is 6.33 Å². The van der Waals surface area contributed by atoms with Gasteiger partial charge in [0, 0.05) is 5.02 Å². The summed E-state index contributed by atoms with van der Waals surface area (Å²) in [4.78, 5) is 17.2. The number of ether oxygens (including phenoxy) is 1. The Labute approximate surface area is 116 Å². The lowest BCUT2D eigenvalue weighted by Crippen LogP contribution is -2.09. The van der Waals surface area contributed by atoms with Crippen LogP contribution in [0.15, 0.2) is 23.3 Å². The van der Waals surface area contributed by atoms with Crippen molar-refractivity contribution in [1.29, 1.82) is 0 Å². The maximum atomic E-state index is 11.4. The van der Waals surface area contributed by atoms with Crippen LogP contribution in [0.25, 0.3) is 0 Å². The van der Waals surface area contributed by atoms with Crippen LogP contribution in [-0.2, 0) is 0 Å². The van der Waals surface area contributed by atoms with E-state index in [1.54, 1.807) is 0 Å². The third-order valence-electron chi connectivity index (χ3n) is 1.96. The molecule has 0 unspecified atom stereocenters. The molecule has 0 amide bonds. The lowest BCUT2D eigenvalue weighted by atomic mass is 10.3. The Morgan fingerprint density at radius 2 is 1.78 bits per heavy atom. The van der Waals surface area contributed by atoms with Crippen LogP contribution in [0, 0.1) is 0 Å². The van der Waals surface area contributed by atoms with E-state index < -0.39 is 17.2 Å². The number of aromatic hydroxyl groups is 1. The number of H-pyrrole nitrogens is 1. The molecule has 1 heterocycles. The van der Waals surface area contributed by atoms with Gasteiger partial charge in [0.1, 0.15) is 0 Å². The maximum absolute atomic E-state index is 11.4. The second-order valence-electron chi connectivity index (χ2n) is 3.19. The average Bonchev–Trinajstić information content (AvgIpc) is 2.26. The average molecular weight is 308 g/mol. The second-order valence-corrected chi connectivity index (χ2v) is 4.44. The number of halogens is 3. The molecule has 0 saturated carbocycles. The molecule has 0 fully saturated rings. The third kappa shape index (κ3) is 2.53. The highest BCUT2D eigenvalue weighted by Crippen LogP contribution is 2.39. The number of nitrogens with zero attached hydrogens (tertiary/aromatic N) is 1. The van der Waals surface area contributed by atoms with E-state index in [-0.39, 0.29) is 15.8 Å². The molecule has 2 aromatic rings. The zero-order chi connectivity index (χ0) is 13.3. The standard InChI is InChI=1S/C10H5Cl3N2O3/c11-4-1-5(12)7(6(13)2-4)18-8-9(16)14-3-15-10(8)17/h1-3H,(H2,14,15,16,17). The van der Waals surface area contributed by atoms with E-state index in [1.165, 1.54) is 12.1 Å². The van der Waals surface area contributed by atoms with Gasteiger partial charge in [-0.3, -0.25) is 4.79 Å². The van der Waals surface area contributed by atoms with Gasteiger partial charge in [0.15, 0.2) is 5.75 Å². The summed E-state index contributed by atoms with van der Waals surface area (Å²) in [5.41, 5.74) is -0.662. The van der Waals surface area contributed by atoms with E-state index in [9.17, 15) is 9.90 Å². The zero-order valence-corrected chi connectivity index (χ0v) is 10.8. The second kappa shape index (κ2) is 5.06. The molecule has 0 aliphatic rings. The highest BCUT2D eigenvalue weighted by atomic mass is 35.5. The minimum absolute atomic E-state index is 0.0107. The van der Waals surface area contributed by atoms with Crippen molar-refractivity contribution in [2.45, 2.75) is 0 Å². The highest BCUT2D eigenvalue weighted by molar-refractivity contribution is 6.40. The minimum Gasteiger partial charge on any atom is -0.490 e. The van der Waals surface area contributed by atoms with E-state index in [1.807, 2.05) is 0 Å². The largest absolute Gasteiger partial charge is 0.490 e. The van der Waals surface area contributed by atoms with Crippen molar-refractivity contribution >= 4 is 34.8 Å². The summed E-state index contributed by atoms with van der Waals surface area (Å²) in [6, 6.07) is 2.79. The van der Waals surface area contributed by atoms with Gasteiger partial charge >= 0.3 is 0 Å². The van der Waals surface area contributed by atoms with Gasteiger partial charge in [0.25, 0.3) is 17.2 Å². The van der Waals surface area contributed by atoms with Crippen LogP contribution in [0.4, 0.5) is 0 Å². The quantitative estimate of drug-likeness (QED) is 0.893. The number of aromatic nitrogens is 2. The zero-order valence-electron chi connectivity index (χ0n) is 8.58. The molecule has 0 bridgehead atoms. The molecule has 18 heavy (non-hydrogen) atoms. The molecule has 2 N–H and O–H groups in total. The summed E-state index contributed by atoms with van der Waals surface area (Å²) in [5.74, 6) is -0.957. The number of rotatable bonds is 2. The predicted molar refractivity (Wildman–Crippen MR) is 68.1 cm³/mol. The van der Waals surface area contributed by atoms with Gasteiger partial charge in [-0.1, -0.05) is 34.8 Å². The molecular formula is C10H5Cl3N2O3. The molecule has 0 saturated heterocycles. The van der Waals surface area contributed by atoms with Crippen molar-refractivity contribution in [3.05, 3.63) is 43.9 Å². The maximum Gasteiger partial charge on any atom is 0.297 e. The van der Waals surface area contributed by atoms with Crippen LogP contribution in [0.1, 0.15) is 0 Å². The highest BCUT2D eigenvalue weighted by Gasteiger charge is 2.15. The normalized spacial score (nSPS) is 10.4. The topological polar surface area (TPSA) is 75.2 Å². The lowest BCUT2D eigenvalue weighted by Gasteiger charge is -2.09. The first kappa shape index (κ1) is 13.0. The lowest BCUT2D eigenvalue weighted by molar-refractivity contribution is 0.390. The molecule has 5 nitrogen and oxygen atoms in total. The van der Waals surface area contributed by atoms with E-state index >= 15 is 0 Å². The van der Waals surface area contributed by atoms with Crippen LogP contribution < -0.4 is 10.3 Å². The molecule has 0 atom stereocenters. The fourth-order valence-electron chi connectivity index (χ4n) is 1.20. The molecule has 94 valence electrons. The van der Waals surface area contributed by atoms with Gasteiger partial charge in [-0.25, -0.2) is 4.98 Å². The summed E-state index contributed by atoms with van der Waals surface area (Å²) in [6.45, 7) is 0. The number of aromatic amines is 1. The van der Waals surface area contributed by atoms with Crippen LogP contribution in [0.3, 0.4) is 0 Å². The smallest absolute Gasteiger partial charge is 0.297 e. The predicted octanol–water partition coefficient (Wildman–Crippen LogP) is 3.23. The number of benzene rings is 1. The SMILES string of the molecule is O=c1[nH]cnc(O)c1Oc1c(Cl)cc(Cl)cc1Cl. The fourth-order valence-corrected chi connectivity index (χ4v) is 2.09. The Morgan fingerprint density at radius 1 is 1.17 bits per heavy atom. The minimum atomic E-state index is -0.662. The Bertz CT molecular complexity index is 634. The summed E-state index contributed by atoms with van der Waals surface area (Å²) >= 11 is 17.5. The van der Waals surface area contributed by atoms with E-state index in [4.69, 9.17) is 39.5 Å². The third-order valence-corrected chi connectivity index (χ3v) is 2.74. The van der Waals surface area contributed by atoms with Crippen LogP contribution in [0.5, 0.6) is 17.4 Å². The molecule has 0 aliphatic carbocycles. The van der Waals surface area contributed by atoms with Gasteiger partial charge in [-0.2, -0.15) is 0 Å². The van der Waals surface area contributed by atoms with Gasteiger partial charge < -0.3 is 14.8 Å². The molecule has 0 radical (unpaired) electrons. The first-order valence-corrected chi connectivity index (χ1v) is 5.71. The molecule has 8 heteroatoms. The molecule has 1 aromatic carbocycles. The van der Waals surface area contributed by atoms with Gasteiger partial charge in [0.2, 0.25) is 0 Å². The Kier molecular flexibility index (Phi) is 3.65. The van der Waals surface area contributed by atoms with Crippen molar-refractivity contribution < 1.29 is 9.84 Å². The van der Waals surface area contributed by atoms with Crippen LogP contribution in [-0.4, -0.2) is 15.1 Å². The van der Waals surface area contributed by atoms with E-state index in [2.05, 4.69) is 9.97 Å². The number of hydrogen-bond acceptors (Lipinski definition) is 4. The van der Waals surface area contributed by atoms with Crippen molar-refractivity contribution in [1.82, 2.24) is 9.97 Å². The Hall–Kier alpha value is -1.43. The summed E-state index contributed by atoms with van der Waals surface area (Å²) in [7, 11) is 0. The Morgan fingerprint density at radius 3 is 2.33 bits per heavy atom. The monoisotopic (exact) mass is 306 g/mol. The summed E-state index contributed by atoms with van der Waals surface area (Å²) in [5, 5.41) is 9.95. The first-order valence-electron chi connectivity index (χ1n) is 4.58. The van der Waals surface area contributed by atoms with E-state index in [0.29, 0.717) is 5.02 Å². The first-order chi connectivity index (χ1) is 8.49. The van der Waals surface area contributed by atoms with Crippen molar-refractivity contribution in [3.8, 4) is 17.4 Å². The summed E-state index contributed by atoms with van der Waals surface area (Å²) < 4.78 is 5.18. The van der Waals surface area contributed by atoms with Gasteiger partial charge in [0.05, 0.1) is 16.4 Å². The van der Waals surface area contributed by atoms with Crippen LogP contribution in [0.2, 0.25) is 15.1 Å². The molecule has 1 aromatic heterocycles. The van der Waals surface area contributed by atoms with Crippen molar-refractivity contribution in [2.24, 2.45) is 0 Å². The van der Waals surface area contributed by atoms with Gasteiger partial charge in [-0.05, 0) is 12.1 Å². The summed E-state index contributed by atoms with van der Waals surface area (Å²) in [6.07, 6.45) is 1.04. The Balaban J connectivity index is 2.50. The molecule has 0 spiro atoms. The van der Waals surface area contributed by atoms with Crippen LogP contribution >= 0.6 is 34.8 Å². The molecule has 2 rings (SSSR count). The van der Waals surface area contributed by atoms with Crippen molar-refractivity contribution in [2.75, 3.05) is 0 Å². The molecular weight excluding hydrogens is 302 g/mol. The number of nitrogens with one attached hydrogen (secondary N) is 1. The fraction of sp³-hybridized carbons (Fsp3) is 0. The number of hydrogen-bond donors (Lipinski definition) is 2. The van der Waals surface area contributed by atoms with Gasteiger partial charge in [-0.15, -0.1) is 0 Å². The molecule has 0 aliphatic heterocycles.